The largest absolute Gasteiger partial charge is 0.478 e. The Morgan fingerprint density at radius 1 is 1.33 bits per heavy atom. The van der Waals surface area contributed by atoms with Gasteiger partial charge in [-0.05, 0) is 19.1 Å². The van der Waals surface area contributed by atoms with Crippen LogP contribution in [0.5, 0.6) is 0 Å². The van der Waals surface area contributed by atoms with Gasteiger partial charge in [0, 0.05) is 5.56 Å². The first-order valence-electron chi connectivity index (χ1n) is 4.95. The van der Waals surface area contributed by atoms with E-state index >= 15 is 0 Å². The summed E-state index contributed by atoms with van der Waals surface area (Å²) in [6, 6.07) is 0.857. The van der Waals surface area contributed by atoms with E-state index in [0.29, 0.717) is 12.1 Å². The standard InChI is InChI=1S/C11H10F2O5/c1-2-18-11(17)9(14)5-3-8(13)6(10(15)16)4-7(5)12/h3-4,9,14H,2H2,1H3,(H,15,16). The Hall–Kier alpha value is -2.02. The van der Waals surface area contributed by atoms with Crippen LogP contribution in [0.15, 0.2) is 12.1 Å². The number of carboxylic acids is 1. The van der Waals surface area contributed by atoms with Gasteiger partial charge >= 0.3 is 11.9 Å². The van der Waals surface area contributed by atoms with Gasteiger partial charge in [-0.2, -0.15) is 0 Å². The molecular formula is C11H10F2O5. The fraction of sp³-hybridized carbons (Fsp3) is 0.273. The van der Waals surface area contributed by atoms with Crippen LogP contribution in [0.25, 0.3) is 0 Å². The average molecular weight is 260 g/mol. The number of halogens is 2. The molecule has 1 aromatic rings. The molecule has 18 heavy (non-hydrogen) atoms. The molecule has 0 spiro atoms. The highest BCUT2D eigenvalue weighted by atomic mass is 19.1. The molecule has 0 aliphatic rings. The van der Waals surface area contributed by atoms with Crippen molar-refractivity contribution in [3.05, 3.63) is 34.9 Å². The predicted molar refractivity (Wildman–Crippen MR) is 54.9 cm³/mol. The van der Waals surface area contributed by atoms with Crippen LogP contribution in [-0.4, -0.2) is 28.8 Å². The number of aliphatic hydroxyl groups is 1. The van der Waals surface area contributed by atoms with Crippen LogP contribution >= 0.6 is 0 Å². The highest BCUT2D eigenvalue weighted by Crippen LogP contribution is 2.22. The number of carbonyl (C=O) groups excluding carboxylic acids is 1. The van der Waals surface area contributed by atoms with Gasteiger partial charge in [-0.1, -0.05) is 0 Å². The summed E-state index contributed by atoms with van der Waals surface area (Å²) in [5, 5.41) is 18.0. The molecule has 0 radical (unpaired) electrons. The molecule has 0 aliphatic carbocycles. The zero-order valence-electron chi connectivity index (χ0n) is 9.31. The van der Waals surface area contributed by atoms with E-state index < -0.39 is 40.8 Å². The SMILES string of the molecule is CCOC(=O)C(O)c1cc(F)c(C(=O)O)cc1F. The molecule has 0 fully saturated rings. The van der Waals surface area contributed by atoms with Gasteiger partial charge < -0.3 is 14.9 Å². The maximum Gasteiger partial charge on any atom is 0.339 e. The van der Waals surface area contributed by atoms with Crippen molar-refractivity contribution < 1.29 is 33.3 Å². The number of carbonyl (C=O) groups is 2. The maximum absolute atomic E-state index is 13.4. The lowest BCUT2D eigenvalue weighted by atomic mass is 10.1. The van der Waals surface area contributed by atoms with Crippen molar-refractivity contribution in [1.82, 2.24) is 0 Å². The Labute approximate surface area is 101 Å². The Morgan fingerprint density at radius 3 is 2.44 bits per heavy atom. The molecule has 0 amide bonds. The lowest BCUT2D eigenvalue weighted by molar-refractivity contribution is -0.153. The Balaban J connectivity index is 3.15. The molecule has 0 saturated carbocycles. The molecular weight excluding hydrogens is 250 g/mol. The summed E-state index contributed by atoms with van der Waals surface area (Å²) in [6.45, 7) is 1.45. The minimum Gasteiger partial charge on any atom is -0.478 e. The summed E-state index contributed by atoms with van der Waals surface area (Å²) < 4.78 is 31.2. The third-order valence-electron chi connectivity index (χ3n) is 2.12. The summed E-state index contributed by atoms with van der Waals surface area (Å²) >= 11 is 0. The lowest BCUT2D eigenvalue weighted by Gasteiger charge is -2.11. The lowest BCUT2D eigenvalue weighted by Crippen LogP contribution is -2.17. The van der Waals surface area contributed by atoms with E-state index in [1.807, 2.05) is 0 Å². The minimum atomic E-state index is -2.00. The second-order valence-electron chi connectivity index (χ2n) is 3.31. The highest BCUT2D eigenvalue weighted by molar-refractivity contribution is 5.88. The number of rotatable bonds is 4. The molecule has 5 nitrogen and oxygen atoms in total. The van der Waals surface area contributed by atoms with Gasteiger partial charge in [0.2, 0.25) is 0 Å². The maximum atomic E-state index is 13.4. The molecule has 2 N–H and O–H groups in total. The highest BCUT2D eigenvalue weighted by Gasteiger charge is 2.25. The zero-order chi connectivity index (χ0) is 13.9. The number of esters is 1. The van der Waals surface area contributed by atoms with Crippen LogP contribution in [0.4, 0.5) is 8.78 Å². The minimum absolute atomic E-state index is 0.0345. The number of ether oxygens (including phenoxy) is 1. The molecule has 1 unspecified atom stereocenters. The molecule has 0 aromatic heterocycles. The molecule has 0 bridgehead atoms. The fourth-order valence-corrected chi connectivity index (χ4v) is 1.28. The average Bonchev–Trinajstić information content (AvgIpc) is 2.30. The number of aromatic carboxylic acids is 1. The van der Waals surface area contributed by atoms with Crippen LogP contribution in [0.1, 0.15) is 28.9 Å². The molecule has 1 rings (SSSR count). The van der Waals surface area contributed by atoms with Crippen molar-refractivity contribution in [2.45, 2.75) is 13.0 Å². The summed E-state index contributed by atoms with van der Waals surface area (Å²) in [6.07, 6.45) is -2.00. The van der Waals surface area contributed by atoms with Crippen LogP contribution in [0, 0.1) is 11.6 Å². The smallest absolute Gasteiger partial charge is 0.339 e. The molecule has 0 heterocycles. The first-order chi connectivity index (χ1) is 8.38. The van der Waals surface area contributed by atoms with Crippen molar-refractivity contribution >= 4 is 11.9 Å². The van der Waals surface area contributed by atoms with E-state index in [2.05, 4.69) is 4.74 Å². The topological polar surface area (TPSA) is 83.8 Å². The second kappa shape index (κ2) is 5.54. The molecule has 0 aliphatic heterocycles. The van der Waals surface area contributed by atoms with E-state index in [9.17, 15) is 23.5 Å². The van der Waals surface area contributed by atoms with Crippen LogP contribution in [-0.2, 0) is 9.53 Å². The van der Waals surface area contributed by atoms with Crippen molar-refractivity contribution in [2.75, 3.05) is 6.61 Å². The predicted octanol–water partition coefficient (Wildman–Crippen LogP) is 1.26. The summed E-state index contributed by atoms with van der Waals surface area (Å²) in [5.74, 6) is -5.24. The van der Waals surface area contributed by atoms with Gasteiger partial charge in [0.15, 0.2) is 6.10 Å². The zero-order valence-corrected chi connectivity index (χ0v) is 9.31. The van der Waals surface area contributed by atoms with Gasteiger partial charge in [-0.25, -0.2) is 18.4 Å². The molecule has 0 saturated heterocycles. The number of hydrogen-bond acceptors (Lipinski definition) is 4. The molecule has 1 atom stereocenters. The number of carboxylic acid groups (broad SMARTS) is 1. The monoisotopic (exact) mass is 260 g/mol. The molecule has 1 aromatic carbocycles. The van der Waals surface area contributed by atoms with Crippen LogP contribution in [0.2, 0.25) is 0 Å². The van der Waals surface area contributed by atoms with Crippen molar-refractivity contribution in [3.63, 3.8) is 0 Å². The molecule has 98 valence electrons. The first kappa shape index (κ1) is 14.0. The molecule has 7 heteroatoms. The van der Waals surface area contributed by atoms with Gasteiger partial charge in [-0.15, -0.1) is 0 Å². The third-order valence-corrected chi connectivity index (χ3v) is 2.12. The third kappa shape index (κ3) is 2.80. The van der Waals surface area contributed by atoms with E-state index in [1.165, 1.54) is 6.92 Å². The van der Waals surface area contributed by atoms with Gasteiger partial charge in [0.25, 0.3) is 0 Å². The summed E-state index contributed by atoms with van der Waals surface area (Å²) in [5.41, 5.74) is -1.55. The van der Waals surface area contributed by atoms with E-state index in [-0.39, 0.29) is 6.61 Å². The summed E-state index contributed by atoms with van der Waals surface area (Å²) in [7, 11) is 0. The van der Waals surface area contributed by atoms with E-state index in [1.54, 1.807) is 0 Å². The van der Waals surface area contributed by atoms with Gasteiger partial charge in [0.1, 0.15) is 11.6 Å². The van der Waals surface area contributed by atoms with Crippen molar-refractivity contribution in [2.24, 2.45) is 0 Å². The van der Waals surface area contributed by atoms with Gasteiger partial charge in [-0.3, -0.25) is 0 Å². The number of aliphatic hydroxyl groups excluding tert-OH is 1. The Kier molecular flexibility index (Phi) is 4.33. The number of benzene rings is 1. The van der Waals surface area contributed by atoms with E-state index in [4.69, 9.17) is 5.11 Å². The van der Waals surface area contributed by atoms with Gasteiger partial charge in [0.05, 0.1) is 12.2 Å². The van der Waals surface area contributed by atoms with Crippen LogP contribution < -0.4 is 0 Å². The Bertz CT molecular complexity index is 487. The van der Waals surface area contributed by atoms with Crippen molar-refractivity contribution in [3.8, 4) is 0 Å². The first-order valence-corrected chi connectivity index (χ1v) is 4.95. The second-order valence-corrected chi connectivity index (χ2v) is 3.31. The normalized spacial score (nSPS) is 12.0. The van der Waals surface area contributed by atoms with Crippen molar-refractivity contribution in [1.29, 1.82) is 0 Å². The van der Waals surface area contributed by atoms with Crippen LogP contribution in [0.3, 0.4) is 0 Å². The summed E-state index contributed by atoms with van der Waals surface area (Å²) in [4.78, 5) is 21.7. The fourth-order valence-electron chi connectivity index (χ4n) is 1.28. The van der Waals surface area contributed by atoms with E-state index in [0.717, 1.165) is 0 Å². The number of hydrogen-bond donors (Lipinski definition) is 2. The quantitative estimate of drug-likeness (QED) is 0.796. The Morgan fingerprint density at radius 2 is 1.94 bits per heavy atom.